The minimum atomic E-state index is 0. The summed E-state index contributed by atoms with van der Waals surface area (Å²) in [7, 11) is 0. The van der Waals surface area contributed by atoms with E-state index in [2.05, 4.69) is 18.1 Å². The molecule has 0 spiro atoms. The first-order chi connectivity index (χ1) is 5.85. The zero-order chi connectivity index (χ0) is 8.55. The highest BCUT2D eigenvalue weighted by Crippen LogP contribution is 2.24. The molecule has 0 amide bonds. The van der Waals surface area contributed by atoms with Crippen molar-refractivity contribution >= 4 is 34.0 Å². The second kappa shape index (κ2) is 4.09. The Morgan fingerprint density at radius 1 is 1.62 bits per heavy atom. The molecule has 5 heteroatoms. The normalized spacial score (nSPS) is 10.3. The van der Waals surface area contributed by atoms with E-state index in [0.717, 1.165) is 6.54 Å². The van der Waals surface area contributed by atoms with E-state index >= 15 is 0 Å². The van der Waals surface area contributed by atoms with Gasteiger partial charge in [0.2, 0.25) is 0 Å². The van der Waals surface area contributed by atoms with E-state index in [-0.39, 0.29) is 12.4 Å². The molecule has 0 fully saturated rings. The van der Waals surface area contributed by atoms with Crippen LogP contribution in [-0.2, 0) is 13.1 Å². The molecular weight excluding hydrogens is 206 g/mol. The molecule has 2 aromatic rings. The summed E-state index contributed by atoms with van der Waals surface area (Å²) in [5.41, 5.74) is 6.76. The van der Waals surface area contributed by atoms with Gasteiger partial charge in [-0.05, 0) is 13.0 Å². The van der Waals surface area contributed by atoms with E-state index in [1.807, 2.05) is 10.9 Å². The fourth-order valence-electron chi connectivity index (χ4n) is 1.28. The van der Waals surface area contributed by atoms with Crippen LogP contribution >= 0.6 is 23.7 Å². The van der Waals surface area contributed by atoms with Gasteiger partial charge in [-0.25, -0.2) is 0 Å². The topological polar surface area (TPSA) is 43.8 Å². The molecule has 2 N–H and O–H groups in total. The summed E-state index contributed by atoms with van der Waals surface area (Å²) in [4.78, 5) is 1.23. The van der Waals surface area contributed by atoms with Crippen molar-refractivity contribution in [1.29, 1.82) is 0 Å². The molecule has 2 rings (SSSR count). The average molecular weight is 218 g/mol. The Morgan fingerprint density at radius 3 is 3.00 bits per heavy atom. The minimum absolute atomic E-state index is 0. The van der Waals surface area contributed by atoms with Gasteiger partial charge >= 0.3 is 0 Å². The van der Waals surface area contributed by atoms with Gasteiger partial charge in [0.05, 0.1) is 16.4 Å². The number of nitrogens with zero attached hydrogens (tertiary/aromatic N) is 2. The lowest BCUT2D eigenvalue weighted by Gasteiger charge is -1.93. The van der Waals surface area contributed by atoms with Crippen molar-refractivity contribution < 1.29 is 0 Å². The third kappa shape index (κ3) is 1.70. The number of thiophene rings is 1. The number of halogens is 1. The average Bonchev–Trinajstić information content (AvgIpc) is 2.61. The quantitative estimate of drug-likeness (QED) is 0.836. The number of hydrogen-bond acceptors (Lipinski definition) is 3. The van der Waals surface area contributed by atoms with Crippen molar-refractivity contribution in [1.82, 2.24) is 9.78 Å². The van der Waals surface area contributed by atoms with Crippen LogP contribution in [0.1, 0.15) is 11.8 Å². The zero-order valence-corrected chi connectivity index (χ0v) is 8.99. The van der Waals surface area contributed by atoms with Crippen molar-refractivity contribution in [3.8, 4) is 0 Å². The summed E-state index contributed by atoms with van der Waals surface area (Å²) in [5.74, 6) is 0. The third-order valence-electron chi connectivity index (χ3n) is 1.88. The van der Waals surface area contributed by atoms with Crippen LogP contribution in [0.5, 0.6) is 0 Å². The van der Waals surface area contributed by atoms with Crippen LogP contribution in [0.25, 0.3) is 10.2 Å². The molecule has 0 saturated heterocycles. The van der Waals surface area contributed by atoms with E-state index in [1.165, 1.54) is 15.1 Å². The Kier molecular flexibility index (Phi) is 3.30. The van der Waals surface area contributed by atoms with Gasteiger partial charge in [0.25, 0.3) is 0 Å². The first-order valence-electron chi connectivity index (χ1n) is 3.99. The highest BCUT2D eigenvalue weighted by molar-refractivity contribution is 7.19. The van der Waals surface area contributed by atoms with Gasteiger partial charge < -0.3 is 5.73 Å². The van der Waals surface area contributed by atoms with Gasteiger partial charge in [0.15, 0.2) is 0 Å². The maximum atomic E-state index is 5.55. The number of nitrogens with two attached hydrogens (primary N) is 1. The van der Waals surface area contributed by atoms with E-state index in [0.29, 0.717) is 6.54 Å². The predicted octanol–water partition coefficient (Wildman–Crippen LogP) is 2.00. The van der Waals surface area contributed by atoms with Crippen LogP contribution in [0, 0.1) is 0 Å². The molecule has 0 unspecified atom stereocenters. The van der Waals surface area contributed by atoms with E-state index in [4.69, 9.17) is 5.73 Å². The number of fused-ring (bicyclic) bond motifs is 1. The Balaban J connectivity index is 0.000000845. The molecule has 0 saturated carbocycles. The number of rotatable bonds is 2. The van der Waals surface area contributed by atoms with Gasteiger partial charge in [0.1, 0.15) is 0 Å². The monoisotopic (exact) mass is 217 g/mol. The van der Waals surface area contributed by atoms with Crippen LogP contribution in [0.15, 0.2) is 12.3 Å². The molecule has 0 radical (unpaired) electrons. The molecule has 0 aliphatic rings. The van der Waals surface area contributed by atoms with Crippen molar-refractivity contribution in [2.45, 2.75) is 20.0 Å². The van der Waals surface area contributed by atoms with Gasteiger partial charge in [-0.1, -0.05) is 0 Å². The largest absolute Gasteiger partial charge is 0.326 e. The van der Waals surface area contributed by atoms with Crippen LogP contribution in [-0.4, -0.2) is 9.78 Å². The molecule has 13 heavy (non-hydrogen) atoms. The Hall–Kier alpha value is -0.580. The summed E-state index contributed by atoms with van der Waals surface area (Å²) in [6, 6.07) is 2.12. The number of aromatic nitrogens is 2. The predicted molar refractivity (Wildman–Crippen MR) is 58.4 cm³/mol. The SMILES string of the molecule is CCn1ncc2sc(CN)cc21.Cl. The zero-order valence-electron chi connectivity index (χ0n) is 7.36. The minimum Gasteiger partial charge on any atom is -0.326 e. The molecule has 2 heterocycles. The standard InChI is InChI=1S/C8H11N3S.ClH/c1-2-11-7-3-6(4-9)12-8(7)5-10-11;/h3,5H,2,4,9H2,1H3;1H. The van der Waals surface area contributed by atoms with E-state index < -0.39 is 0 Å². The highest BCUT2D eigenvalue weighted by atomic mass is 35.5. The summed E-state index contributed by atoms with van der Waals surface area (Å²) in [6.45, 7) is 3.64. The van der Waals surface area contributed by atoms with E-state index in [1.54, 1.807) is 11.3 Å². The fraction of sp³-hybridized carbons (Fsp3) is 0.375. The summed E-state index contributed by atoms with van der Waals surface area (Å²) >= 11 is 1.73. The Morgan fingerprint density at radius 2 is 2.38 bits per heavy atom. The third-order valence-corrected chi connectivity index (χ3v) is 2.97. The molecule has 72 valence electrons. The van der Waals surface area contributed by atoms with Crippen LogP contribution in [0.4, 0.5) is 0 Å². The lowest BCUT2D eigenvalue weighted by molar-refractivity contribution is 0.684. The maximum Gasteiger partial charge on any atom is 0.0793 e. The smallest absolute Gasteiger partial charge is 0.0793 e. The Bertz CT molecular complexity index is 393. The molecule has 3 nitrogen and oxygen atoms in total. The molecule has 0 aliphatic heterocycles. The summed E-state index contributed by atoms with van der Waals surface area (Å²) in [6.07, 6.45) is 1.91. The second-order valence-corrected chi connectivity index (χ2v) is 3.79. The summed E-state index contributed by atoms with van der Waals surface area (Å²) < 4.78 is 3.22. The molecule has 0 atom stereocenters. The van der Waals surface area contributed by atoms with Crippen molar-refractivity contribution in [3.05, 3.63) is 17.1 Å². The first-order valence-corrected chi connectivity index (χ1v) is 4.81. The molecule has 0 aliphatic carbocycles. The fourth-order valence-corrected chi connectivity index (χ4v) is 2.18. The first kappa shape index (κ1) is 10.5. The van der Waals surface area contributed by atoms with Crippen LogP contribution in [0.3, 0.4) is 0 Å². The lowest BCUT2D eigenvalue weighted by Crippen LogP contribution is -1.95. The maximum absolute atomic E-state index is 5.55. The van der Waals surface area contributed by atoms with Crippen molar-refractivity contribution in [3.63, 3.8) is 0 Å². The van der Waals surface area contributed by atoms with Crippen LogP contribution < -0.4 is 5.73 Å². The van der Waals surface area contributed by atoms with Gasteiger partial charge in [-0.2, -0.15) is 5.10 Å². The lowest BCUT2D eigenvalue weighted by atomic mass is 10.4. The second-order valence-electron chi connectivity index (χ2n) is 2.63. The molecule has 0 aromatic carbocycles. The Labute approximate surface area is 86.9 Å². The molecular formula is C8H12ClN3S. The van der Waals surface area contributed by atoms with Gasteiger partial charge in [-0.3, -0.25) is 4.68 Å². The van der Waals surface area contributed by atoms with Crippen LogP contribution in [0.2, 0.25) is 0 Å². The van der Waals surface area contributed by atoms with Gasteiger partial charge in [0, 0.05) is 18.0 Å². The van der Waals surface area contributed by atoms with Crippen molar-refractivity contribution in [2.75, 3.05) is 0 Å². The highest BCUT2D eigenvalue weighted by Gasteiger charge is 2.04. The summed E-state index contributed by atoms with van der Waals surface area (Å²) in [5, 5.41) is 4.24. The van der Waals surface area contributed by atoms with Crippen molar-refractivity contribution in [2.24, 2.45) is 5.73 Å². The van der Waals surface area contributed by atoms with E-state index in [9.17, 15) is 0 Å². The van der Waals surface area contributed by atoms with Gasteiger partial charge in [-0.15, -0.1) is 23.7 Å². The molecule has 2 aromatic heterocycles. The number of aryl methyl sites for hydroxylation is 1. The molecule has 0 bridgehead atoms. The number of hydrogen-bond donors (Lipinski definition) is 1.